The lowest BCUT2D eigenvalue weighted by Gasteiger charge is -2.07. The van der Waals surface area contributed by atoms with Crippen molar-refractivity contribution in [2.45, 2.75) is 73.1 Å². The molecule has 0 rings (SSSR count). The van der Waals surface area contributed by atoms with Crippen LogP contribution in [0, 0.1) is 0 Å². The molecule has 0 bridgehead atoms. The molecule has 0 aromatic heterocycles. The minimum absolute atomic E-state index is 0.183. The monoisotopic (exact) mass is 320 g/mol. The number of esters is 1. The van der Waals surface area contributed by atoms with Crippen molar-refractivity contribution < 1.29 is 14.3 Å². The van der Waals surface area contributed by atoms with Crippen molar-refractivity contribution in [2.24, 2.45) is 0 Å². The normalized spacial score (nSPS) is 12.0. The maximum Gasteiger partial charge on any atom is 0.302 e. The Kier molecular flexibility index (Phi) is 11.9. The topological polar surface area (TPSA) is 43.4 Å². The lowest BCUT2D eigenvalue weighted by atomic mass is 10.0. The van der Waals surface area contributed by atoms with Gasteiger partial charge in [0.05, 0.1) is 0 Å². The SMILES string of the molecule is CC(=O)CCC=C(CCC=C(C)CCC=C(C)C)COC(C)=O. The second kappa shape index (κ2) is 12.9. The minimum Gasteiger partial charge on any atom is -0.461 e. The van der Waals surface area contributed by atoms with E-state index in [0.29, 0.717) is 13.0 Å². The van der Waals surface area contributed by atoms with Gasteiger partial charge >= 0.3 is 5.97 Å². The van der Waals surface area contributed by atoms with Gasteiger partial charge in [0, 0.05) is 13.3 Å². The number of ether oxygens (including phenoxy) is 1. The van der Waals surface area contributed by atoms with Crippen molar-refractivity contribution in [3.63, 3.8) is 0 Å². The smallest absolute Gasteiger partial charge is 0.302 e. The summed E-state index contributed by atoms with van der Waals surface area (Å²) in [6.07, 6.45) is 11.8. The Morgan fingerprint density at radius 3 is 1.96 bits per heavy atom. The average molecular weight is 320 g/mol. The molecule has 3 heteroatoms. The van der Waals surface area contributed by atoms with Crippen LogP contribution >= 0.6 is 0 Å². The molecule has 3 nitrogen and oxygen atoms in total. The molecule has 0 heterocycles. The highest BCUT2D eigenvalue weighted by Crippen LogP contribution is 2.13. The molecule has 0 N–H and O–H groups in total. The molecule has 0 atom stereocenters. The van der Waals surface area contributed by atoms with Crippen molar-refractivity contribution in [3.05, 3.63) is 34.9 Å². The molecule has 23 heavy (non-hydrogen) atoms. The number of Topliss-reactive ketones (excluding diaryl/α,β-unsaturated/α-hetero) is 1. The molecule has 0 aliphatic rings. The maximum atomic E-state index is 11.0. The van der Waals surface area contributed by atoms with Crippen molar-refractivity contribution in [2.75, 3.05) is 6.61 Å². The van der Waals surface area contributed by atoms with Crippen LogP contribution in [-0.4, -0.2) is 18.4 Å². The zero-order chi connectivity index (χ0) is 17.7. The highest BCUT2D eigenvalue weighted by molar-refractivity contribution is 5.75. The summed E-state index contributed by atoms with van der Waals surface area (Å²) in [6.45, 7) is 9.74. The molecule has 0 unspecified atom stereocenters. The van der Waals surface area contributed by atoms with Gasteiger partial charge in [-0.2, -0.15) is 0 Å². The van der Waals surface area contributed by atoms with E-state index >= 15 is 0 Å². The maximum absolute atomic E-state index is 11.0. The number of rotatable bonds is 11. The Morgan fingerprint density at radius 1 is 0.783 bits per heavy atom. The highest BCUT2D eigenvalue weighted by Gasteiger charge is 2.01. The van der Waals surface area contributed by atoms with Gasteiger partial charge in [-0.15, -0.1) is 0 Å². The summed E-state index contributed by atoms with van der Waals surface area (Å²) in [7, 11) is 0. The molecule has 0 aliphatic carbocycles. The molecule has 0 saturated carbocycles. The standard InChI is InChI=1S/C20H32O3/c1-16(2)9-6-10-17(3)11-7-13-20(15-23-19(5)22)14-8-12-18(4)21/h9,11,14H,6-8,10,12-13,15H2,1-5H3. The van der Waals surface area contributed by atoms with E-state index in [1.165, 1.54) is 18.1 Å². The lowest BCUT2D eigenvalue weighted by Crippen LogP contribution is -2.03. The first kappa shape index (κ1) is 21.4. The molecule has 0 aromatic rings. The van der Waals surface area contributed by atoms with E-state index in [2.05, 4.69) is 32.9 Å². The van der Waals surface area contributed by atoms with Gasteiger partial charge in [0.1, 0.15) is 12.4 Å². The number of carbonyl (C=O) groups excluding carboxylic acids is 2. The molecule has 0 saturated heterocycles. The lowest BCUT2D eigenvalue weighted by molar-refractivity contribution is -0.140. The van der Waals surface area contributed by atoms with Gasteiger partial charge in [0.25, 0.3) is 0 Å². The van der Waals surface area contributed by atoms with E-state index in [1.54, 1.807) is 6.92 Å². The predicted molar refractivity (Wildman–Crippen MR) is 96.3 cm³/mol. The average Bonchev–Trinajstić information content (AvgIpc) is 2.43. The van der Waals surface area contributed by atoms with Crippen LogP contribution in [0.3, 0.4) is 0 Å². The number of hydrogen-bond acceptors (Lipinski definition) is 3. The summed E-state index contributed by atoms with van der Waals surface area (Å²) >= 11 is 0. The number of hydrogen-bond donors (Lipinski definition) is 0. The van der Waals surface area contributed by atoms with Gasteiger partial charge in [-0.3, -0.25) is 4.79 Å². The first-order chi connectivity index (χ1) is 10.8. The van der Waals surface area contributed by atoms with E-state index in [4.69, 9.17) is 4.74 Å². The summed E-state index contributed by atoms with van der Waals surface area (Å²) in [6, 6.07) is 0. The zero-order valence-corrected chi connectivity index (χ0v) is 15.4. The fourth-order valence-electron chi connectivity index (χ4n) is 2.10. The molecule has 0 spiro atoms. The van der Waals surface area contributed by atoms with Crippen molar-refractivity contribution in [1.82, 2.24) is 0 Å². The molecule has 0 radical (unpaired) electrons. The van der Waals surface area contributed by atoms with Crippen LogP contribution in [0.25, 0.3) is 0 Å². The van der Waals surface area contributed by atoms with Crippen LogP contribution in [-0.2, 0) is 14.3 Å². The van der Waals surface area contributed by atoms with Crippen LogP contribution < -0.4 is 0 Å². The zero-order valence-electron chi connectivity index (χ0n) is 15.4. The van der Waals surface area contributed by atoms with Gasteiger partial charge in [-0.05, 0) is 65.4 Å². The van der Waals surface area contributed by atoms with Crippen LogP contribution in [0.2, 0.25) is 0 Å². The Hall–Kier alpha value is -1.64. The van der Waals surface area contributed by atoms with Gasteiger partial charge < -0.3 is 9.53 Å². The molecule has 0 aliphatic heterocycles. The number of ketones is 1. The second-order valence-electron chi connectivity index (χ2n) is 6.29. The first-order valence-electron chi connectivity index (χ1n) is 8.41. The molecule has 0 aromatic carbocycles. The van der Waals surface area contributed by atoms with E-state index in [-0.39, 0.29) is 11.8 Å². The largest absolute Gasteiger partial charge is 0.461 e. The fourth-order valence-corrected chi connectivity index (χ4v) is 2.10. The van der Waals surface area contributed by atoms with Crippen LogP contribution in [0.5, 0.6) is 0 Å². The first-order valence-corrected chi connectivity index (χ1v) is 8.41. The molecule has 0 fully saturated rings. The van der Waals surface area contributed by atoms with E-state index < -0.39 is 0 Å². The molecular formula is C20H32O3. The highest BCUT2D eigenvalue weighted by atomic mass is 16.5. The van der Waals surface area contributed by atoms with Crippen LogP contribution in [0.15, 0.2) is 34.9 Å². The Labute approximate surface area is 141 Å². The van der Waals surface area contributed by atoms with Gasteiger partial charge in [0.2, 0.25) is 0 Å². The number of carbonyl (C=O) groups is 2. The third-order valence-corrected chi connectivity index (χ3v) is 3.44. The Morgan fingerprint density at radius 2 is 1.39 bits per heavy atom. The van der Waals surface area contributed by atoms with E-state index in [0.717, 1.165) is 37.7 Å². The van der Waals surface area contributed by atoms with Crippen molar-refractivity contribution in [3.8, 4) is 0 Å². The quantitative estimate of drug-likeness (QED) is 0.382. The van der Waals surface area contributed by atoms with Crippen molar-refractivity contribution >= 4 is 11.8 Å². The molecule has 130 valence electrons. The fraction of sp³-hybridized carbons (Fsp3) is 0.600. The number of allylic oxidation sites excluding steroid dienone is 5. The third kappa shape index (κ3) is 15.0. The van der Waals surface area contributed by atoms with E-state index in [9.17, 15) is 9.59 Å². The second-order valence-corrected chi connectivity index (χ2v) is 6.29. The Balaban J connectivity index is 4.37. The molecular weight excluding hydrogens is 288 g/mol. The third-order valence-electron chi connectivity index (χ3n) is 3.44. The molecule has 0 amide bonds. The summed E-state index contributed by atoms with van der Waals surface area (Å²) in [4.78, 5) is 22.0. The predicted octanol–water partition coefficient (Wildman–Crippen LogP) is 5.32. The minimum atomic E-state index is -0.268. The van der Waals surface area contributed by atoms with Crippen molar-refractivity contribution in [1.29, 1.82) is 0 Å². The van der Waals surface area contributed by atoms with Gasteiger partial charge in [-0.1, -0.05) is 29.4 Å². The summed E-state index contributed by atoms with van der Waals surface area (Å²) < 4.78 is 5.09. The van der Waals surface area contributed by atoms with Crippen LogP contribution in [0.1, 0.15) is 73.1 Å². The summed E-state index contributed by atoms with van der Waals surface area (Å²) in [5, 5.41) is 0. The summed E-state index contributed by atoms with van der Waals surface area (Å²) in [5.41, 5.74) is 3.84. The summed E-state index contributed by atoms with van der Waals surface area (Å²) in [5.74, 6) is -0.0842. The van der Waals surface area contributed by atoms with Crippen LogP contribution in [0.4, 0.5) is 0 Å². The van der Waals surface area contributed by atoms with E-state index in [1.807, 2.05) is 6.08 Å². The Bertz CT molecular complexity index is 463. The van der Waals surface area contributed by atoms with Gasteiger partial charge in [-0.25, -0.2) is 0 Å². The van der Waals surface area contributed by atoms with Gasteiger partial charge in [0.15, 0.2) is 0 Å².